The summed E-state index contributed by atoms with van der Waals surface area (Å²) in [7, 11) is 0. The minimum atomic E-state index is -2.73. The maximum absolute atomic E-state index is 10.9. The molecule has 3 rings (SSSR count). The Bertz CT molecular complexity index is 847. The second-order valence-corrected chi connectivity index (χ2v) is 11.1. The van der Waals surface area contributed by atoms with Crippen molar-refractivity contribution in [3.63, 3.8) is 0 Å². The van der Waals surface area contributed by atoms with Gasteiger partial charge in [-0.05, 0) is 101 Å². The van der Waals surface area contributed by atoms with Crippen molar-refractivity contribution in [3.05, 3.63) is 47.6 Å². The van der Waals surface area contributed by atoms with Crippen LogP contribution in [0, 0.1) is 23.2 Å². The van der Waals surface area contributed by atoms with Gasteiger partial charge in [0.05, 0.1) is 11.7 Å². The third-order valence-electron chi connectivity index (χ3n) is 8.43. The van der Waals surface area contributed by atoms with E-state index in [1.807, 2.05) is 6.08 Å². The monoisotopic (exact) mass is 431 g/mol. The molecule has 3 heteroatoms. The number of allylic oxidation sites excluding steroid dienone is 5. The molecule has 0 aliphatic heterocycles. The average molecular weight is 432 g/mol. The maximum atomic E-state index is 10.9. The van der Waals surface area contributed by atoms with Crippen molar-refractivity contribution in [3.8, 4) is 0 Å². The number of fused-ring (bicyclic) bond motifs is 1. The van der Waals surface area contributed by atoms with E-state index >= 15 is 0 Å². The van der Waals surface area contributed by atoms with Crippen LogP contribution >= 0.6 is 0 Å². The molecule has 0 amide bonds. The zero-order chi connectivity index (χ0) is 25.5. The van der Waals surface area contributed by atoms with Crippen LogP contribution in [-0.4, -0.2) is 32.6 Å². The Balaban J connectivity index is 1.81. The van der Waals surface area contributed by atoms with E-state index in [1.165, 1.54) is 31.1 Å². The van der Waals surface area contributed by atoms with Crippen LogP contribution in [0.4, 0.5) is 0 Å². The maximum Gasteiger partial charge on any atom is 0.108 e. The number of hydrogen-bond donors (Lipinski definition) is 3. The van der Waals surface area contributed by atoms with Crippen LogP contribution in [0.2, 0.25) is 0 Å². The first-order valence-electron chi connectivity index (χ1n) is 13.5. The standard InChI is InChI=1S/C28H44O3/c1-19-9-12-23(29)18-22(19)11-10-21-8-7-16-27(5)24(13-14-25(21)27)20(2)15-17-28(6,31)26(3,4)30/h10-11,15,17,20,23-25,29-31H,1,7-9,12-14,16,18H2,2-6H3/b17-15+,21-10+,22-11-/t20-,23+,24-,25+,27-,28?/m1/s1/i6D3. The minimum absolute atomic E-state index is 0.0807. The van der Waals surface area contributed by atoms with E-state index in [9.17, 15) is 15.3 Å². The average Bonchev–Trinajstić information content (AvgIpc) is 3.08. The van der Waals surface area contributed by atoms with Gasteiger partial charge < -0.3 is 15.3 Å². The lowest BCUT2D eigenvalue weighted by Crippen LogP contribution is -2.46. The van der Waals surface area contributed by atoms with Gasteiger partial charge in [-0.15, -0.1) is 0 Å². The van der Waals surface area contributed by atoms with Gasteiger partial charge in [-0.25, -0.2) is 0 Å². The molecule has 0 aromatic rings. The highest BCUT2D eigenvalue weighted by molar-refractivity contribution is 5.36. The van der Waals surface area contributed by atoms with Crippen molar-refractivity contribution in [2.75, 3.05) is 0 Å². The summed E-state index contributed by atoms with van der Waals surface area (Å²) in [4.78, 5) is 0. The van der Waals surface area contributed by atoms with E-state index in [2.05, 4.69) is 32.6 Å². The van der Waals surface area contributed by atoms with Crippen molar-refractivity contribution in [2.45, 2.75) is 103 Å². The summed E-state index contributed by atoms with van der Waals surface area (Å²) in [5.41, 5.74) is -0.200. The van der Waals surface area contributed by atoms with Gasteiger partial charge in [-0.3, -0.25) is 0 Å². The van der Waals surface area contributed by atoms with Gasteiger partial charge in [-0.2, -0.15) is 0 Å². The summed E-state index contributed by atoms with van der Waals surface area (Å²) < 4.78 is 23.4. The van der Waals surface area contributed by atoms with Crippen molar-refractivity contribution >= 4 is 0 Å². The van der Waals surface area contributed by atoms with Gasteiger partial charge in [0, 0.05) is 4.11 Å². The van der Waals surface area contributed by atoms with Gasteiger partial charge >= 0.3 is 0 Å². The first-order valence-corrected chi connectivity index (χ1v) is 12.0. The fraction of sp³-hybridized carbons (Fsp3) is 0.714. The molecule has 3 fully saturated rings. The molecule has 6 atom stereocenters. The Kier molecular flexibility index (Phi) is 5.94. The number of aliphatic hydroxyl groups is 3. The highest BCUT2D eigenvalue weighted by Gasteiger charge is 2.50. The Morgan fingerprint density at radius 3 is 2.61 bits per heavy atom. The molecule has 3 aliphatic carbocycles. The van der Waals surface area contributed by atoms with Gasteiger partial charge in [0.2, 0.25) is 0 Å². The highest BCUT2D eigenvalue weighted by atomic mass is 16.3. The quantitative estimate of drug-likeness (QED) is 0.477. The lowest BCUT2D eigenvalue weighted by Gasteiger charge is -2.44. The summed E-state index contributed by atoms with van der Waals surface area (Å²) in [5.74, 6) is 0.938. The molecule has 3 saturated carbocycles. The third-order valence-corrected chi connectivity index (χ3v) is 8.43. The topological polar surface area (TPSA) is 60.7 Å². The van der Waals surface area contributed by atoms with Crippen LogP contribution in [-0.2, 0) is 0 Å². The third kappa shape index (κ3) is 5.10. The summed E-state index contributed by atoms with van der Waals surface area (Å²) >= 11 is 0. The Morgan fingerprint density at radius 1 is 1.19 bits per heavy atom. The fourth-order valence-corrected chi connectivity index (χ4v) is 6.17. The Morgan fingerprint density at radius 2 is 1.94 bits per heavy atom. The second kappa shape index (κ2) is 9.00. The largest absolute Gasteiger partial charge is 0.393 e. The van der Waals surface area contributed by atoms with Gasteiger partial charge in [0.15, 0.2) is 0 Å². The Hall–Kier alpha value is -1.16. The number of aliphatic hydroxyl groups excluding tert-OH is 1. The SMILES string of the molecule is [2H]C([2H])([2H])C(O)(/C=C/[C@@H](C)[C@H]1CC[C@H]2/C(=C/C=C3/C[C@@H](O)CCC3=C)CCC[C@]12C)C(C)(C)O. The molecule has 0 aromatic heterocycles. The second-order valence-electron chi connectivity index (χ2n) is 11.1. The first kappa shape index (κ1) is 20.4. The van der Waals surface area contributed by atoms with Gasteiger partial charge in [0.1, 0.15) is 5.60 Å². The lowest BCUT2D eigenvalue weighted by molar-refractivity contribution is -0.0886. The van der Waals surface area contributed by atoms with E-state index in [4.69, 9.17) is 4.11 Å². The molecule has 31 heavy (non-hydrogen) atoms. The molecule has 0 heterocycles. The molecule has 0 aromatic carbocycles. The summed E-state index contributed by atoms with van der Waals surface area (Å²) in [6.07, 6.45) is 15.2. The molecule has 0 bridgehead atoms. The molecule has 3 aliphatic rings. The smallest absolute Gasteiger partial charge is 0.108 e. The van der Waals surface area contributed by atoms with E-state index < -0.39 is 18.1 Å². The molecule has 174 valence electrons. The highest BCUT2D eigenvalue weighted by Crippen LogP contribution is 2.59. The van der Waals surface area contributed by atoms with Crippen molar-refractivity contribution in [1.82, 2.24) is 0 Å². The summed E-state index contributed by atoms with van der Waals surface area (Å²) in [5, 5.41) is 31.4. The minimum Gasteiger partial charge on any atom is -0.393 e. The van der Waals surface area contributed by atoms with Crippen LogP contribution in [0.25, 0.3) is 0 Å². The first-order chi connectivity index (χ1) is 15.6. The number of rotatable bonds is 5. The van der Waals surface area contributed by atoms with Crippen LogP contribution in [0.3, 0.4) is 0 Å². The molecular formula is C28H44O3. The van der Waals surface area contributed by atoms with Crippen LogP contribution in [0.1, 0.15) is 90.0 Å². The summed E-state index contributed by atoms with van der Waals surface area (Å²) in [6, 6.07) is 0. The molecular weight excluding hydrogens is 384 g/mol. The van der Waals surface area contributed by atoms with Crippen molar-refractivity contribution in [1.29, 1.82) is 0 Å². The van der Waals surface area contributed by atoms with Crippen molar-refractivity contribution in [2.24, 2.45) is 23.2 Å². The molecule has 0 spiro atoms. The van der Waals surface area contributed by atoms with E-state index in [-0.39, 0.29) is 17.4 Å². The zero-order valence-corrected chi connectivity index (χ0v) is 19.8. The van der Waals surface area contributed by atoms with E-state index in [0.29, 0.717) is 18.3 Å². The zero-order valence-electron chi connectivity index (χ0n) is 22.8. The van der Waals surface area contributed by atoms with Crippen LogP contribution < -0.4 is 0 Å². The molecule has 3 nitrogen and oxygen atoms in total. The number of hydrogen-bond acceptors (Lipinski definition) is 3. The van der Waals surface area contributed by atoms with Crippen LogP contribution in [0.5, 0.6) is 0 Å². The molecule has 0 saturated heterocycles. The fourth-order valence-electron chi connectivity index (χ4n) is 6.17. The van der Waals surface area contributed by atoms with E-state index in [1.54, 1.807) is 0 Å². The predicted octanol–water partition coefficient (Wildman–Crippen LogP) is 5.87. The van der Waals surface area contributed by atoms with Crippen LogP contribution in [0.15, 0.2) is 47.6 Å². The Labute approximate surface area is 193 Å². The van der Waals surface area contributed by atoms with Crippen molar-refractivity contribution < 1.29 is 19.4 Å². The normalized spacial score (nSPS) is 39.8. The molecule has 0 radical (unpaired) electrons. The molecule has 1 unspecified atom stereocenters. The molecule has 3 N–H and O–H groups in total. The predicted molar refractivity (Wildman–Crippen MR) is 129 cm³/mol. The van der Waals surface area contributed by atoms with Gasteiger partial charge in [-0.1, -0.05) is 55.9 Å². The summed E-state index contributed by atoms with van der Waals surface area (Å²) in [6.45, 7) is 8.62. The lowest BCUT2D eigenvalue weighted by atomic mass is 9.61. The van der Waals surface area contributed by atoms with E-state index in [0.717, 1.165) is 50.5 Å². The van der Waals surface area contributed by atoms with Gasteiger partial charge in [0.25, 0.3) is 0 Å².